The van der Waals surface area contributed by atoms with Crippen LogP contribution in [0, 0.1) is 12.8 Å². The number of piperidine rings is 1. The third-order valence-corrected chi connectivity index (χ3v) is 6.59. The molecule has 2 aliphatic rings. The highest BCUT2D eigenvalue weighted by molar-refractivity contribution is 7.09. The van der Waals surface area contributed by atoms with Crippen LogP contribution in [0.1, 0.15) is 37.4 Å². The van der Waals surface area contributed by atoms with Crippen LogP contribution >= 0.6 is 11.3 Å². The van der Waals surface area contributed by atoms with E-state index in [1.165, 1.54) is 0 Å². The number of thiazole rings is 1. The molecule has 0 saturated carbocycles. The van der Waals surface area contributed by atoms with Gasteiger partial charge in [0.2, 0.25) is 5.91 Å². The number of morpholine rings is 1. The van der Waals surface area contributed by atoms with Crippen molar-refractivity contribution >= 4 is 28.7 Å². The van der Waals surface area contributed by atoms with E-state index in [1.54, 1.807) is 17.5 Å². The fourth-order valence-electron chi connectivity index (χ4n) is 4.32. The maximum atomic E-state index is 12.7. The van der Waals surface area contributed by atoms with Crippen molar-refractivity contribution in [3.63, 3.8) is 0 Å². The smallest absolute Gasteiger partial charge is 0.227 e. The molecule has 1 N–H and O–H groups in total. The summed E-state index contributed by atoms with van der Waals surface area (Å²) in [5, 5.41) is 6.29. The zero-order valence-electron chi connectivity index (χ0n) is 18.0. The van der Waals surface area contributed by atoms with E-state index in [0.717, 1.165) is 67.8 Å². The molecular weight excluding hydrogens is 398 g/mol. The molecule has 4 heterocycles. The van der Waals surface area contributed by atoms with Gasteiger partial charge in [-0.3, -0.25) is 9.69 Å². The maximum Gasteiger partial charge on any atom is 0.227 e. The van der Waals surface area contributed by atoms with Gasteiger partial charge in [0, 0.05) is 30.9 Å². The van der Waals surface area contributed by atoms with Crippen molar-refractivity contribution in [1.82, 2.24) is 14.9 Å². The number of carbonyl (C=O) groups excluding carboxylic acids is 1. The van der Waals surface area contributed by atoms with Crippen molar-refractivity contribution in [2.45, 2.75) is 52.4 Å². The number of amides is 1. The standard InChI is InChI=1S/C22H31N5O2S/c1-15-11-27(12-16(2)29-15)21-5-4-19(10-23-21)25-22(28)18-6-8-26(9-7-18)13-20-14-30-17(3)24-20/h4-5,10,14-16,18H,6-9,11-13H2,1-3H3,(H,25,28). The average Bonchev–Trinajstić information content (AvgIpc) is 3.13. The number of hydrogen-bond donors (Lipinski definition) is 1. The van der Waals surface area contributed by atoms with Crippen molar-refractivity contribution in [2.24, 2.45) is 5.92 Å². The van der Waals surface area contributed by atoms with Gasteiger partial charge in [0.05, 0.1) is 34.8 Å². The van der Waals surface area contributed by atoms with Gasteiger partial charge in [0.15, 0.2) is 0 Å². The Balaban J connectivity index is 1.26. The van der Waals surface area contributed by atoms with Crippen LogP contribution in [-0.4, -0.2) is 59.2 Å². The second kappa shape index (κ2) is 9.41. The molecular formula is C22H31N5O2S. The topological polar surface area (TPSA) is 70.6 Å². The zero-order chi connectivity index (χ0) is 21.1. The SMILES string of the molecule is Cc1nc(CN2CCC(C(=O)Nc3ccc(N4CC(C)OC(C)C4)nc3)CC2)cs1. The first-order valence-corrected chi connectivity index (χ1v) is 11.6. The number of ether oxygens (including phenoxy) is 1. The Morgan fingerprint density at radius 1 is 1.23 bits per heavy atom. The minimum Gasteiger partial charge on any atom is -0.372 e. The summed E-state index contributed by atoms with van der Waals surface area (Å²) in [6, 6.07) is 3.93. The Labute approximate surface area is 182 Å². The quantitative estimate of drug-likeness (QED) is 0.786. The largest absolute Gasteiger partial charge is 0.372 e. The number of pyridine rings is 1. The lowest BCUT2D eigenvalue weighted by molar-refractivity contribution is -0.121. The molecule has 0 aromatic carbocycles. The van der Waals surface area contributed by atoms with Gasteiger partial charge < -0.3 is 15.0 Å². The molecule has 0 aliphatic carbocycles. The number of anilines is 2. The Bertz CT molecular complexity index is 837. The van der Waals surface area contributed by atoms with Gasteiger partial charge in [-0.15, -0.1) is 11.3 Å². The molecule has 2 unspecified atom stereocenters. The summed E-state index contributed by atoms with van der Waals surface area (Å²) in [7, 11) is 0. The van der Waals surface area contributed by atoms with Crippen LogP contribution in [0.2, 0.25) is 0 Å². The number of carbonyl (C=O) groups is 1. The number of likely N-dealkylation sites (tertiary alicyclic amines) is 1. The Hall–Kier alpha value is -2.03. The summed E-state index contributed by atoms with van der Waals surface area (Å²) >= 11 is 1.69. The molecule has 2 aliphatic heterocycles. The monoisotopic (exact) mass is 429 g/mol. The van der Waals surface area contributed by atoms with E-state index in [9.17, 15) is 4.79 Å². The normalized spacial score (nSPS) is 23.5. The van der Waals surface area contributed by atoms with Crippen LogP contribution in [0.5, 0.6) is 0 Å². The van der Waals surface area contributed by atoms with E-state index in [-0.39, 0.29) is 24.0 Å². The van der Waals surface area contributed by atoms with Crippen LogP contribution in [0.4, 0.5) is 11.5 Å². The van der Waals surface area contributed by atoms with E-state index in [4.69, 9.17) is 4.74 Å². The van der Waals surface area contributed by atoms with Crippen molar-refractivity contribution in [3.8, 4) is 0 Å². The first-order valence-electron chi connectivity index (χ1n) is 10.8. The second-order valence-corrected chi connectivity index (χ2v) is 9.53. The van der Waals surface area contributed by atoms with E-state index < -0.39 is 0 Å². The second-order valence-electron chi connectivity index (χ2n) is 8.46. The van der Waals surface area contributed by atoms with Gasteiger partial charge in [-0.2, -0.15) is 0 Å². The van der Waals surface area contributed by atoms with Crippen molar-refractivity contribution in [2.75, 3.05) is 36.4 Å². The fraction of sp³-hybridized carbons (Fsp3) is 0.591. The molecule has 4 rings (SSSR count). The molecule has 0 spiro atoms. The number of nitrogens with one attached hydrogen (secondary N) is 1. The summed E-state index contributed by atoms with van der Waals surface area (Å²) in [4.78, 5) is 26.5. The molecule has 2 saturated heterocycles. The third kappa shape index (κ3) is 5.36. The number of hydrogen-bond acceptors (Lipinski definition) is 7. The summed E-state index contributed by atoms with van der Waals surface area (Å²) in [6.45, 7) is 10.6. The van der Waals surface area contributed by atoms with Crippen molar-refractivity contribution < 1.29 is 9.53 Å². The molecule has 1 amide bonds. The molecule has 2 aromatic rings. The van der Waals surface area contributed by atoms with E-state index in [1.807, 2.05) is 19.1 Å². The summed E-state index contributed by atoms with van der Waals surface area (Å²) in [5.41, 5.74) is 1.90. The zero-order valence-corrected chi connectivity index (χ0v) is 18.8. The van der Waals surface area contributed by atoms with Crippen LogP contribution in [0.25, 0.3) is 0 Å². The lowest BCUT2D eigenvalue weighted by Gasteiger charge is -2.36. The molecule has 0 bridgehead atoms. The Morgan fingerprint density at radius 3 is 2.57 bits per heavy atom. The van der Waals surface area contributed by atoms with E-state index >= 15 is 0 Å². The summed E-state index contributed by atoms with van der Waals surface area (Å²) < 4.78 is 5.79. The number of aryl methyl sites for hydroxylation is 1. The van der Waals surface area contributed by atoms with Crippen LogP contribution < -0.4 is 10.2 Å². The lowest BCUT2D eigenvalue weighted by Crippen LogP contribution is -2.45. The number of nitrogens with zero attached hydrogens (tertiary/aromatic N) is 4. The minimum absolute atomic E-state index is 0.0547. The summed E-state index contributed by atoms with van der Waals surface area (Å²) in [5.74, 6) is 1.09. The fourth-order valence-corrected chi connectivity index (χ4v) is 4.92. The van der Waals surface area contributed by atoms with Crippen LogP contribution in [0.3, 0.4) is 0 Å². The van der Waals surface area contributed by atoms with Gasteiger partial charge >= 0.3 is 0 Å². The Kier molecular flexibility index (Phi) is 6.65. The van der Waals surface area contributed by atoms with Gasteiger partial charge in [-0.25, -0.2) is 9.97 Å². The molecule has 2 aromatic heterocycles. The predicted octanol–water partition coefficient (Wildman–Crippen LogP) is 3.31. The van der Waals surface area contributed by atoms with Gasteiger partial charge in [-0.05, 0) is 58.8 Å². The lowest BCUT2D eigenvalue weighted by atomic mass is 9.95. The molecule has 8 heteroatoms. The third-order valence-electron chi connectivity index (χ3n) is 5.77. The van der Waals surface area contributed by atoms with Crippen molar-refractivity contribution in [1.29, 1.82) is 0 Å². The average molecular weight is 430 g/mol. The van der Waals surface area contributed by atoms with E-state index in [2.05, 4.69) is 44.3 Å². The molecule has 2 fully saturated rings. The number of rotatable bonds is 5. The van der Waals surface area contributed by atoms with Crippen LogP contribution in [-0.2, 0) is 16.1 Å². The summed E-state index contributed by atoms with van der Waals surface area (Å²) in [6.07, 6.45) is 3.91. The van der Waals surface area contributed by atoms with Gasteiger partial charge in [-0.1, -0.05) is 0 Å². The minimum atomic E-state index is 0.0547. The highest BCUT2D eigenvalue weighted by Crippen LogP contribution is 2.23. The first-order chi connectivity index (χ1) is 14.5. The molecule has 30 heavy (non-hydrogen) atoms. The maximum absolute atomic E-state index is 12.7. The van der Waals surface area contributed by atoms with Gasteiger partial charge in [0.1, 0.15) is 5.82 Å². The van der Waals surface area contributed by atoms with E-state index in [0.29, 0.717) is 0 Å². The Morgan fingerprint density at radius 2 is 1.97 bits per heavy atom. The number of aromatic nitrogens is 2. The first kappa shape index (κ1) is 21.2. The van der Waals surface area contributed by atoms with Crippen LogP contribution in [0.15, 0.2) is 23.7 Å². The molecule has 7 nitrogen and oxygen atoms in total. The predicted molar refractivity (Wildman–Crippen MR) is 120 cm³/mol. The van der Waals surface area contributed by atoms with Gasteiger partial charge in [0.25, 0.3) is 0 Å². The molecule has 0 radical (unpaired) electrons. The molecule has 162 valence electrons. The van der Waals surface area contributed by atoms with Crippen molar-refractivity contribution in [3.05, 3.63) is 34.4 Å². The molecule has 2 atom stereocenters. The highest BCUT2D eigenvalue weighted by atomic mass is 32.1. The highest BCUT2D eigenvalue weighted by Gasteiger charge is 2.26.